The molecule has 0 amide bonds. The molecule has 2 aromatic rings. The zero-order valence-corrected chi connectivity index (χ0v) is 10.5. The van der Waals surface area contributed by atoms with Crippen LogP contribution in [-0.2, 0) is 7.05 Å². The number of aryl methyl sites for hydroxylation is 1. The Morgan fingerprint density at radius 2 is 2.22 bits per heavy atom. The van der Waals surface area contributed by atoms with E-state index < -0.39 is 0 Å². The first-order valence-corrected chi connectivity index (χ1v) is 6.32. The van der Waals surface area contributed by atoms with Gasteiger partial charge in [0, 0.05) is 50.8 Å². The maximum absolute atomic E-state index is 4.43. The van der Waals surface area contributed by atoms with Gasteiger partial charge in [0.05, 0.1) is 17.6 Å². The van der Waals surface area contributed by atoms with Gasteiger partial charge in [0.25, 0.3) is 0 Å². The van der Waals surface area contributed by atoms with Crippen LogP contribution in [0.4, 0.5) is 5.69 Å². The van der Waals surface area contributed by atoms with Crippen molar-refractivity contribution in [1.29, 1.82) is 0 Å². The lowest BCUT2D eigenvalue weighted by Crippen LogP contribution is -2.34. The van der Waals surface area contributed by atoms with Crippen molar-refractivity contribution in [3.05, 3.63) is 36.7 Å². The van der Waals surface area contributed by atoms with E-state index in [1.165, 1.54) is 18.5 Å². The second-order valence-electron chi connectivity index (χ2n) is 4.79. The number of nitrogens with zero attached hydrogens (tertiary/aromatic N) is 5. The van der Waals surface area contributed by atoms with Crippen LogP contribution < -0.4 is 4.90 Å². The van der Waals surface area contributed by atoms with Gasteiger partial charge in [-0.15, -0.1) is 0 Å². The second-order valence-corrected chi connectivity index (χ2v) is 4.79. The Kier molecular flexibility index (Phi) is 2.96. The van der Waals surface area contributed by atoms with Crippen molar-refractivity contribution >= 4 is 5.69 Å². The van der Waals surface area contributed by atoms with E-state index in [0.717, 1.165) is 18.8 Å². The summed E-state index contributed by atoms with van der Waals surface area (Å²) in [4.78, 5) is 11.0. The van der Waals surface area contributed by atoms with Crippen LogP contribution in [0, 0.1) is 0 Å². The Morgan fingerprint density at radius 1 is 1.28 bits per heavy atom. The first-order chi connectivity index (χ1) is 8.83. The molecule has 18 heavy (non-hydrogen) atoms. The predicted molar refractivity (Wildman–Crippen MR) is 69.4 cm³/mol. The van der Waals surface area contributed by atoms with Crippen LogP contribution in [0.25, 0.3) is 0 Å². The molecule has 3 rings (SSSR count). The first kappa shape index (κ1) is 11.2. The van der Waals surface area contributed by atoms with Crippen LogP contribution in [0.3, 0.4) is 0 Å². The highest BCUT2D eigenvalue weighted by molar-refractivity contribution is 5.43. The molecule has 1 saturated heterocycles. The van der Waals surface area contributed by atoms with Crippen molar-refractivity contribution in [3.8, 4) is 0 Å². The van der Waals surface area contributed by atoms with E-state index in [0.29, 0.717) is 5.92 Å². The molecule has 0 spiro atoms. The van der Waals surface area contributed by atoms with Gasteiger partial charge in [0.2, 0.25) is 0 Å². The third-order valence-electron chi connectivity index (χ3n) is 3.48. The minimum atomic E-state index is 0.479. The molecule has 1 aliphatic rings. The summed E-state index contributed by atoms with van der Waals surface area (Å²) < 4.78 is 1.85. The number of hydrogen-bond acceptors (Lipinski definition) is 4. The van der Waals surface area contributed by atoms with Gasteiger partial charge in [-0.25, -0.2) is 0 Å². The first-order valence-electron chi connectivity index (χ1n) is 6.32. The van der Waals surface area contributed by atoms with E-state index >= 15 is 0 Å². The van der Waals surface area contributed by atoms with Crippen LogP contribution >= 0.6 is 0 Å². The molecular weight excluding hydrogens is 226 g/mol. The molecule has 94 valence electrons. The number of anilines is 1. The van der Waals surface area contributed by atoms with Gasteiger partial charge in [0.15, 0.2) is 0 Å². The zero-order valence-electron chi connectivity index (χ0n) is 10.5. The van der Waals surface area contributed by atoms with Gasteiger partial charge in [-0.3, -0.25) is 14.6 Å². The lowest BCUT2D eigenvalue weighted by molar-refractivity contribution is 0.500. The van der Waals surface area contributed by atoms with Gasteiger partial charge in [-0.1, -0.05) is 0 Å². The molecule has 2 aromatic heterocycles. The molecule has 0 N–H and O–H groups in total. The molecular formula is C13H17N5. The van der Waals surface area contributed by atoms with E-state index in [-0.39, 0.29) is 0 Å². The fourth-order valence-corrected chi connectivity index (χ4v) is 2.55. The summed E-state index contributed by atoms with van der Waals surface area (Å²) in [5.41, 5.74) is 2.30. The van der Waals surface area contributed by atoms with E-state index in [9.17, 15) is 0 Å². The van der Waals surface area contributed by atoms with Gasteiger partial charge in [0.1, 0.15) is 0 Å². The maximum Gasteiger partial charge on any atom is 0.0752 e. The fourth-order valence-electron chi connectivity index (χ4n) is 2.55. The molecule has 0 aliphatic carbocycles. The quantitative estimate of drug-likeness (QED) is 0.803. The standard InChI is InChI=1S/C13H17N5/c1-17-10-12(7-16-17)18-6-2-3-11(9-18)13-8-14-4-5-15-13/h4-5,7-8,10-11H,2-3,6,9H2,1H3. The molecule has 1 atom stereocenters. The number of rotatable bonds is 2. The summed E-state index contributed by atoms with van der Waals surface area (Å²) in [7, 11) is 1.95. The topological polar surface area (TPSA) is 46.8 Å². The minimum absolute atomic E-state index is 0.479. The largest absolute Gasteiger partial charge is 0.368 e. The predicted octanol–water partition coefficient (Wildman–Crippen LogP) is 1.59. The normalized spacial score (nSPS) is 20.1. The van der Waals surface area contributed by atoms with Crippen molar-refractivity contribution in [2.75, 3.05) is 18.0 Å². The molecule has 1 aliphatic heterocycles. The minimum Gasteiger partial charge on any atom is -0.368 e. The third kappa shape index (κ3) is 2.20. The Bertz CT molecular complexity index is 507. The maximum atomic E-state index is 4.43. The van der Waals surface area contributed by atoms with E-state index in [1.807, 2.05) is 24.1 Å². The number of hydrogen-bond donors (Lipinski definition) is 0. The monoisotopic (exact) mass is 243 g/mol. The summed E-state index contributed by atoms with van der Waals surface area (Å²) in [5.74, 6) is 0.479. The SMILES string of the molecule is Cn1cc(N2CCCC(c3cnccn3)C2)cn1. The molecule has 3 heterocycles. The van der Waals surface area contributed by atoms with Crippen LogP contribution in [0.1, 0.15) is 24.5 Å². The van der Waals surface area contributed by atoms with Crippen LogP contribution in [0.15, 0.2) is 31.0 Å². The van der Waals surface area contributed by atoms with Gasteiger partial charge >= 0.3 is 0 Å². The number of piperidine rings is 1. The molecule has 0 radical (unpaired) electrons. The van der Waals surface area contributed by atoms with Crippen molar-refractivity contribution in [3.63, 3.8) is 0 Å². The second kappa shape index (κ2) is 4.76. The van der Waals surface area contributed by atoms with Crippen molar-refractivity contribution in [2.24, 2.45) is 7.05 Å². The molecule has 5 nitrogen and oxygen atoms in total. The van der Waals surface area contributed by atoms with Crippen molar-refractivity contribution < 1.29 is 0 Å². The summed E-state index contributed by atoms with van der Waals surface area (Å²) in [6, 6.07) is 0. The highest BCUT2D eigenvalue weighted by atomic mass is 15.3. The Balaban J connectivity index is 1.76. The molecule has 0 aromatic carbocycles. The Morgan fingerprint density at radius 3 is 2.94 bits per heavy atom. The molecule has 1 unspecified atom stereocenters. The van der Waals surface area contributed by atoms with Crippen LogP contribution in [0.5, 0.6) is 0 Å². The molecule has 0 bridgehead atoms. The Hall–Kier alpha value is -1.91. The van der Waals surface area contributed by atoms with Crippen molar-refractivity contribution in [1.82, 2.24) is 19.7 Å². The van der Waals surface area contributed by atoms with Crippen LogP contribution in [-0.4, -0.2) is 32.8 Å². The molecule has 0 saturated carbocycles. The summed E-state index contributed by atoms with van der Waals surface area (Å²) in [6.45, 7) is 2.10. The summed E-state index contributed by atoms with van der Waals surface area (Å²) >= 11 is 0. The Labute approximate surface area is 106 Å². The van der Waals surface area contributed by atoms with E-state index in [2.05, 4.69) is 26.2 Å². The highest BCUT2D eigenvalue weighted by Gasteiger charge is 2.23. The third-order valence-corrected chi connectivity index (χ3v) is 3.48. The highest BCUT2D eigenvalue weighted by Crippen LogP contribution is 2.28. The molecule has 5 heteroatoms. The van der Waals surface area contributed by atoms with Gasteiger partial charge < -0.3 is 4.90 Å². The average Bonchev–Trinajstić information content (AvgIpc) is 2.87. The van der Waals surface area contributed by atoms with E-state index in [1.54, 1.807) is 12.4 Å². The van der Waals surface area contributed by atoms with Gasteiger partial charge in [-0.05, 0) is 12.8 Å². The van der Waals surface area contributed by atoms with Crippen LogP contribution in [0.2, 0.25) is 0 Å². The van der Waals surface area contributed by atoms with Gasteiger partial charge in [-0.2, -0.15) is 5.10 Å². The zero-order chi connectivity index (χ0) is 12.4. The van der Waals surface area contributed by atoms with Crippen molar-refractivity contribution in [2.45, 2.75) is 18.8 Å². The summed E-state index contributed by atoms with van der Waals surface area (Å²) in [5, 5.41) is 4.24. The smallest absolute Gasteiger partial charge is 0.0752 e. The lowest BCUT2D eigenvalue weighted by atomic mass is 9.95. The summed E-state index contributed by atoms with van der Waals surface area (Å²) in [6.07, 6.45) is 11.8. The molecule has 1 fully saturated rings. The lowest BCUT2D eigenvalue weighted by Gasteiger charge is -2.32. The average molecular weight is 243 g/mol. The number of aromatic nitrogens is 4. The fraction of sp³-hybridized carbons (Fsp3) is 0.462. The van der Waals surface area contributed by atoms with E-state index in [4.69, 9.17) is 0 Å².